The number of sulfonamides is 1. The van der Waals surface area contributed by atoms with Gasteiger partial charge in [0.1, 0.15) is 0 Å². The van der Waals surface area contributed by atoms with Crippen LogP contribution < -0.4 is 16.2 Å². The number of nitrogens with two attached hydrogens (primary N) is 2. The summed E-state index contributed by atoms with van der Waals surface area (Å²) in [6.07, 6.45) is 2.46. The van der Waals surface area contributed by atoms with Crippen LogP contribution in [0, 0.1) is 0 Å². The zero-order valence-corrected chi connectivity index (χ0v) is 12.5. The first-order valence-corrected chi connectivity index (χ1v) is 8.36. The number of carbonyl (C=O) groups excluding carboxylic acids is 1. The van der Waals surface area contributed by atoms with E-state index in [1.54, 1.807) is 0 Å². The fraction of sp³-hybridized carbons (Fsp3) is 0.462. The Hall–Kier alpha value is -1.80. The SMILES string of the molecule is Nc1ccc(S(N)(=O)=O)cc1NCCC(=O)N1CCCC1. The van der Waals surface area contributed by atoms with E-state index in [2.05, 4.69) is 5.32 Å². The van der Waals surface area contributed by atoms with Crippen molar-refractivity contribution in [3.63, 3.8) is 0 Å². The van der Waals surface area contributed by atoms with E-state index in [1.165, 1.54) is 18.2 Å². The van der Waals surface area contributed by atoms with E-state index in [0.29, 0.717) is 24.3 Å². The third kappa shape index (κ3) is 4.08. The minimum Gasteiger partial charge on any atom is -0.397 e. The predicted octanol–water partition coefficient (Wildman–Crippen LogP) is 0.341. The number of benzene rings is 1. The number of likely N-dealkylation sites (tertiary alicyclic amines) is 1. The van der Waals surface area contributed by atoms with Crippen molar-refractivity contribution >= 4 is 27.3 Å². The highest BCUT2D eigenvalue weighted by Gasteiger charge is 2.17. The molecule has 0 unspecified atom stereocenters. The van der Waals surface area contributed by atoms with E-state index >= 15 is 0 Å². The van der Waals surface area contributed by atoms with E-state index in [4.69, 9.17) is 10.9 Å². The van der Waals surface area contributed by atoms with Gasteiger partial charge in [-0.3, -0.25) is 4.79 Å². The maximum atomic E-state index is 11.9. The lowest BCUT2D eigenvalue weighted by atomic mass is 10.2. The minimum absolute atomic E-state index is 0.00919. The molecule has 7 nitrogen and oxygen atoms in total. The number of primary sulfonamides is 1. The third-order valence-electron chi connectivity index (χ3n) is 3.47. The number of anilines is 2. The van der Waals surface area contributed by atoms with Crippen molar-refractivity contribution in [3.05, 3.63) is 18.2 Å². The number of nitrogens with one attached hydrogen (secondary N) is 1. The molecule has 1 saturated heterocycles. The number of amides is 1. The fourth-order valence-corrected chi connectivity index (χ4v) is 2.83. The summed E-state index contributed by atoms with van der Waals surface area (Å²) in [5, 5.41) is 8.07. The van der Waals surface area contributed by atoms with Gasteiger partial charge in [-0.1, -0.05) is 0 Å². The number of hydrogen-bond donors (Lipinski definition) is 3. The van der Waals surface area contributed by atoms with Crippen LogP contribution >= 0.6 is 0 Å². The molecule has 0 spiro atoms. The molecule has 0 radical (unpaired) electrons. The first kappa shape index (κ1) is 15.6. The van der Waals surface area contributed by atoms with Gasteiger partial charge < -0.3 is 16.0 Å². The molecule has 2 rings (SSSR count). The smallest absolute Gasteiger partial charge is 0.238 e. The van der Waals surface area contributed by atoms with Crippen molar-refractivity contribution in [2.24, 2.45) is 5.14 Å². The van der Waals surface area contributed by atoms with Crippen molar-refractivity contribution in [3.8, 4) is 0 Å². The van der Waals surface area contributed by atoms with Crippen molar-refractivity contribution in [1.82, 2.24) is 4.90 Å². The highest BCUT2D eigenvalue weighted by molar-refractivity contribution is 7.89. The Morgan fingerprint density at radius 2 is 1.95 bits per heavy atom. The molecule has 1 aromatic carbocycles. The zero-order valence-electron chi connectivity index (χ0n) is 11.7. The van der Waals surface area contributed by atoms with E-state index in [9.17, 15) is 13.2 Å². The highest BCUT2D eigenvalue weighted by atomic mass is 32.2. The van der Waals surface area contributed by atoms with Gasteiger partial charge in [0, 0.05) is 26.1 Å². The summed E-state index contributed by atoms with van der Waals surface area (Å²) in [7, 11) is -3.77. The van der Waals surface area contributed by atoms with Gasteiger partial charge >= 0.3 is 0 Å². The third-order valence-corrected chi connectivity index (χ3v) is 4.38. The van der Waals surface area contributed by atoms with E-state index in [1.807, 2.05) is 4.90 Å². The van der Waals surface area contributed by atoms with Gasteiger partial charge in [-0.05, 0) is 31.0 Å². The van der Waals surface area contributed by atoms with Gasteiger partial charge in [-0.2, -0.15) is 0 Å². The lowest BCUT2D eigenvalue weighted by Gasteiger charge is -2.16. The van der Waals surface area contributed by atoms with Gasteiger partial charge in [0.25, 0.3) is 0 Å². The molecule has 21 heavy (non-hydrogen) atoms. The molecule has 116 valence electrons. The Morgan fingerprint density at radius 1 is 1.29 bits per heavy atom. The molecule has 1 aliphatic rings. The van der Waals surface area contributed by atoms with Gasteiger partial charge in [-0.15, -0.1) is 0 Å². The fourth-order valence-electron chi connectivity index (χ4n) is 2.29. The summed E-state index contributed by atoms with van der Waals surface area (Å²) < 4.78 is 22.6. The Kier molecular flexibility index (Phi) is 4.69. The molecule has 1 aliphatic heterocycles. The van der Waals surface area contributed by atoms with Crippen LogP contribution in [0.4, 0.5) is 11.4 Å². The quantitative estimate of drug-likeness (QED) is 0.677. The normalized spacial score (nSPS) is 15.2. The molecule has 1 aromatic rings. The lowest BCUT2D eigenvalue weighted by molar-refractivity contribution is -0.129. The van der Waals surface area contributed by atoms with Gasteiger partial charge in [-0.25, -0.2) is 13.6 Å². The highest BCUT2D eigenvalue weighted by Crippen LogP contribution is 2.22. The van der Waals surface area contributed by atoms with Crippen LogP contribution in [-0.2, 0) is 14.8 Å². The molecule has 0 atom stereocenters. The molecule has 0 aromatic heterocycles. The number of nitrogens with zero attached hydrogens (tertiary/aromatic N) is 1. The van der Waals surface area contributed by atoms with E-state index < -0.39 is 10.0 Å². The molecule has 8 heteroatoms. The van der Waals surface area contributed by atoms with E-state index in [-0.39, 0.29) is 10.8 Å². The topological polar surface area (TPSA) is 119 Å². The second-order valence-corrected chi connectivity index (χ2v) is 6.62. The molecular weight excluding hydrogens is 292 g/mol. The van der Waals surface area contributed by atoms with Crippen LogP contribution in [-0.4, -0.2) is 38.9 Å². The standard InChI is InChI=1S/C13H20N4O3S/c14-11-4-3-10(21(15,19)20)9-12(11)16-6-5-13(18)17-7-1-2-8-17/h3-4,9,16H,1-2,5-8,14H2,(H2,15,19,20). The first-order valence-electron chi connectivity index (χ1n) is 6.82. The van der Waals surface area contributed by atoms with Crippen LogP contribution in [0.5, 0.6) is 0 Å². The molecule has 0 bridgehead atoms. The predicted molar refractivity (Wildman–Crippen MR) is 81.1 cm³/mol. The zero-order chi connectivity index (χ0) is 15.5. The van der Waals surface area contributed by atoms with Crippen molar-refractivity contribution in [1.29, 1.82) is 0 Å². The lowest BCUT2D eigenvalue weighted by Crippen LogP contribution is -2.29. The summed E-state index contributed by atoms with van der Waals surface area (Å²) in [5.41, 5.74) is 6.66. The summed E-state index contributed by atoms with van der Waals surface area (Å²) in [5.74, 6) is 0.0983. The number of nitrogen functional groups attached to an aromatic ring is 1. The second kappa shape index (κ2) is 6.31. The largest absolute Gasteiger partial charge is 0.397 e. The summed E-state index contributed by atoms with van der Waals surface area (Å²) >= 11 is 0. The summed E-state index contributed by atoms with van der Waals surface area (Å²) in [6.45, 7) is 2.04. The summed E-state index contributed by atoms with van der Waals surface area (Å²) in [4.78, 5) is 13.7. The number of carbonyl (C=O) groups is 1. The molecule has 0 aliphatic carbocycles. The van der Waals surface area contributed by atoms with Crippen molar-refractivity contribution < 1.29 is 13.2 Å². The average Bonchev–Trinajstić information content (AvgIpc) is 2.93. The van der Waals surface area contributed by atoms with E-state index in [0.717, 1.165) is 25.9 Å². The second-order valence-electron chi connectivity index (χ2n) is 5.06. The number of hydrogen-bond acceptors (Lipinski definition) is 5. The molecule has 1 amide bonds. The number of rotatable bonds is 5. The summed E-state index contributed by atoms with van der Waals surface area (Å²) in [6, 6.07) is 4.21. The van der Waals surface area contributed by atoms with Gasteiger partial charge in [0.15, 0.2) is 0 Å². The van der Waals surface area contributed by atoms with Crippen LogP contribution in [0.1, 0.15) is 19.3 Å². The molecule has 1 fully saturated rings. The van der Waals surface area contributed by atoms with Crippen molar-refractivity contribution in [2.45, 2.75) is 24.2 Å². The van der Waals surface area contributed by atoms with Crippen LogP contribution in [0.25, 0.3) is 0 Å². The Morgan fingerprint density at radius 3 is 2.57 bits per heavy atom. The molecular formula is C13H20N4O3S. The van der Waals surface area contributed by atoms with Crippen molar-refractivity contribution in [2.75, 3.05) is 30.7 Å². The maximum absolute atomic E-state index is 11.9. The Labute approximate surface area is 124 Å². The van der Waals surface area contributed by atoms with Crippen LogP contribution in [0.2, 0.25) is 0 Å². The van der Waals surface area contributed by atoms with Gasteiger partial charge in [0.2, 0.25) is 15.9 Å². The average molecular weight is 312 g/mol. The maximum Gasteiger partial charge on any atom is 0.238 e. The monoisotopic (exact) mass is 312 g/mol. The Balaban J connectivity index is 1.95. The first-order chi connectivity index (χ1) is 9.88. The Bertz CT molecular complexity index is 624. The molecule has 0 saturated carbocycles. The van der Waals surface area contributed by atoms with Crippen LogP contribution in [0.15, 0.2) is 23.1 Å². The minimum atomic E-state index is -3.77. The van der Waals surface area contributed by atoms with Gasteiger partial charge in [0.05, 0.1) is 16.3 Å². The van der Waals surface area contributed by atoms with Crippen LogP contribution in [0.3, 0.4) is 0 Å². The molecule has 5 N–H and O–H groups in total. The molecule has 1 heterocycles.